The first-order chi connectivity index (χ1) is 11.8. The average Bonchev–Trinajstić information content (AvgIpc) is 2.60. The number of carbonyl (C=O) groups is 1. The van der Waals surface area contributed by atoms with E-state index in [1.807, 2.05) is 18.2 Å². The number of benzene rings is 2. The second-order valence-electron chi connectivity index (χ2n) is 5.42. The molecular formula is C17H20N2O5S. The zero-order valence-electron chi connectivity index (χ0n) is 13.6. The van der Waals surface area contributed by atoms with E-state index in [-0.39, 0.29) is 29.3 Å². The molecule has 8 heteroatoms. The van der Waals surface area contributed by atoms with Crippen LogP contribution in [0.3, 0.4) is 0 Å². The molecule has 134 valence electrons. The number of carboxylic acid groups (broad SMARTS) is 1. The zero-order chi connectivity index (χ0) is 18.4. The monoisotopic (exact) mass is 364 g/mol. The van der Waals surface area contributed by atoms with Gasteiger partial charge in [0.05, 0.1) is 17.1 Å². The van der Waals surface area contributed by atoms with E-state index in [0.717, 1.165) is 11.6 Å². The quantitative estimate of drug-likeness (QED) is 0.568. The largest absolute Gasteiger partial charge is 0.478 e. The lowest BCUT2D eigenvalue weighted by molar-refractivity contribution is 0.0697. The highest BCUT2D eigenvalue weighted by atomic mass is 32.2. The van der Waals surface area contributed by atoms with Crippen molar-refractivity contribution in [3.63, 3.8) is 0 Å². The molecule has 25 heavy (non-hydrogen) atoms. The molecule has 0 saturated heterocycles. The number of hydrogen-bond acceptors (Lipinski definition) is 5. The van der Waals surface area contributed by atoms with Gasteiger partial charge in [-0.3, -0.25) is 0 Å². The smallest absolute Gasteiger partial charge is 0.337 e. The molecule has 0 saturated carbocycles. The normalized spacial score (nSPS) is 12.6. The van der Waals surface area contributed by atoms with Crippen LogP contribution >= 0.6 is 0 Å². The van der Waals surface area contributed by atoms with Crippen LogP contribution in [0.5, 0.6) is 0 Å². The predicted molar refractivity (Wildman–Crippen MR) is 94.2 cm³/mol. The lowest BCUT2D eigenvalue weighted by Crippen LogP contribution is -2.27. The van der Waals surface area contributed by atoms with Crippen LogP contribution in [0, 0.1) is 0 Å². The minimum atomic E-state index is -3.89. The van der Waals surface area contributed by atoms with Crippen LogP contribution in [0.15, 0.2) is 53.4 Å². The Kier molecular flexibility index (Phi) is 6.13. The number of rotatable bonds is 8. The summed E-state index contributed by atoms with van der Waals surface area (Å²) in [7, 11) is -3.89. The third-order valence-electron chi connectivity index (χ3n) is 3.59. The van der Waals surface area contributed by atoms with E-state index in [2.05, 4.69) is 10.0 Å². The molecule has 7 nitrogen and oxygen atoms in total. The Labute approximate surface area is 146 Å². The zero-order valence-corrected chi connectivity index (χ0v) is 14.5. The van der Waals surface area contributed by atoms with E-state index in [1.165, 1.54) is 12.1 Å². The molecule has 0 fully saturated rings. The molecule has 0 heterocycles. The maximum Gasteiger partial charge on any atom is 0.337 e. The fourth-order valence-electron chi connectivity index (χ4n) is 2.32. The summed E-state index contributed by atoms with van der Waals surface area (Å²) in [6.07, 6.45) is 0. The Morgan fingerprint density at radius 3 is 2.44 bits per heavy atom. The number of aromatic carboxylic acids is 1. The molecule has 2 aromatic rings. The number of sulfonamides is 1. The van der Waals surface area contributed by atoms with Crippen molar-refractivity contribution < 1.29 is 23.4 Å². The Morgan fingerprint density at radius 2 is 1.84 bits per heavy atom. The summed E-state index contributed by atoms with van der Waals surface area (Å²) >= 11 is 0. The Balaban J connectivity index is 2.29. The van der Waals surface area contributed by atoms with Crippen LogP contribution in [0.2, 0.25) is 0 Å². The summed E-state index contributed by atoms with van der Waals surface area (Å²) < 4.78 is 27.6. The van der Waals surface area contributed by atoms with Crippen molar-refractivity contribution >= 4 is 21.7 Å². The summed E-state index contributed by atoms with van der Waals surface area (Å²) in [5.41, 5.74) is 0.867. The van der Waals surface area contributed by atoms with Crippen molar-refractivity contribution in [2.45, 2.75) is 17.9 Å². The highest BCUT2D eigenvalue weighted by molar-refractivity contribution is 7.89. The molecule has 0 spiro atoms. The summed E-state index contributed by atoms with van der Waals surface area (Å²) in [5.74, 6) is -1.26. The highest BCUT2D eigenvalue weighted by Crippen LogP contribution is 2.22. The molecule has 0 amide bonds. The van der Waals surface area contributed by atoms with Gasteiger partial charge in [0.15, 0.2) is 0 Å². The summed E-state index contributed by atoms with van der Waals surface area (Å²) in [4.78, 5) is 11.3. The maximum absolute atomic E-state index is 12.6. The number of aliphatic hydroxyl groups is 1. The van der Waals surface area contributed by atoms with Gasteiger partial charge in [-0.25, -0.2) is 17.9 Å². The first-order valence-corrected chi connectivity index (χ1v) is 9.13. The predicted octanol–water partition coefficient (Wildman–Crippen LogP) is 1.83. The van der Waals surface area contributed by atoms with E-state index in [9.17, 15) is 18.3 Å². The number of aliphatic hydroxyl groups excluding tert-OH is 1. The topological polar surface area (TPSA) is 116 Å². The molecule has 1 unspecified atom stereocenters. The molecule has 1 atom stereocenters. The van der Waals surface area contributed by atoms with Gasteiger partial charge in [-0.05, 0) is 30.7 Å². The van der Waals surface area contributed by atoms with Crippen molar-refractivity contribution in [2.24, 2.45) is 0 Å². The van der Waals surface area contributed by atoms with Crippen LogP contribution < -0.4 is 10.0 Å². The summed E-state index contributed by atoms with van der Waals surface area (Å²) in [6, 6.07) is 12.4. The first-order valence-electron chi connectivity index (χ1n) is 7.64. The van der Waals surface area contributed by atoms with E-state index in [4.69, 9.17) is 5.11 Å². The van der Waals surface area contributed by atoms with E-state index in [0.29, 0.717) is 0 Å². The highest BCUT2D eigenvalue weighted by Gasteiger charge is 2.21. The van der Waals surface area contributed by atoms with Gasteiger partial charge in [-0.1, -0.05) is 30.3 Å². The molecule has 0 aromatic heterocycles. The molecule has 0 bridgehead atoms. The van der Waals surface area contributed by atoms with E-state index in [1.54, 1.807) is 19.1 Å². The molecule has 2 aromatic carbocycles. The second kappa shape index (κ2) is 8.11. The molecule has 2 rings (SSSR count). The SMILES string of the molecule is CC(NS(=O)(=O)c1ccc(NCCO)c(C(=O)O)c1)c1ccccc1. The van der Waals surface area contributed by atoms with Gasteiger partial charge >= 0.3 is 5.97 Å². The maximum atomic E-state index is 12.6. The Morgan fingerprint density at radius 1 is 1.16 bits per heavy atom. The van der Waals surface area contributed by atoms with Gasteiger partial charge in [-0.2, -0.15) is 0 Å². The van der Waals surface area contributed by atoms with Crippen molar-refractivity contribution in [1.29, 1.82) is 0 Å². The van der Waals surface area contributed by atoms with Crippen LogP contribution in [0.1, 0.15) is 28.9 Å². The lowest BCUT2D eigenvalue weighted by Gasteiger charge is -2.16. The number of carboxylic acids is 1. The van der Waals surface area contributed by atoms with Gasteiger partial charge in [-0.15, -0.1) is 0 Å². The van der Waals surface area contributed by atoms with Crippen molar-refractivity contribution in [1.82, 2.24) is 4.72 Å². The van der Waals surface area contributed by atoms with Crippen LogP contribution in [-0.2, 0) is 10.0 Å². The van der Waals surface area contributed by atoms with E-state index < -0.39 is 22.0 Å². The number of anilines is 1. The molecular weight excluding hydrogens is 344 g/mol. The molecule has 0 aliphatic heterocycles. The van der Waals surface area contributed by atoms with Crippen molar-refractivity contribution in [2.75, 3.05) is 18.5 Å². The second-order valence-corrected chi connectivity index (χ2v) is 7.13. The Hall–Kier alpha value is -2.42. The molecule has 0 radical (unpaired) electrons. The van der Waals surface area contributed by atoms with Crippen LogP contribution in [0.25, 0.3) is 0 Å². The third-order valence-corrected chi connectivity index (χ3v) is 5.13. The fourth-order valence-corrected chi connectivity index (χ4v) is 3.58. The molecule has 4 N–H and O–H groups in total. The standard InChI is InChI=1S/C17H20N2O5S/c1-12(13-5-3-2-4-6-13)19-25(23,24)14-7-8-16(18-9-10-20)15(11-14)17(21)22/h2-8,11-12,18-20H,9-10H2,1H3,(H,21,22). The number of nitrogens with one attached hydrogen (secondary N) is 2. The summed E-state index contributed by atoms with van der Waals surface area (Å²) in [6.45, 7) is 1.70. The van der Waals surface area contributed by atoms with Crippen molar-refractivity contribution in [3.05, 3.63) is 59.7 Å². The van der Waals surface area contributed by atoms with Crippen LogP contribution in [-0.4, -0.2) is 37.8 Å². The fraction of sp³-hybridized carbons (Fsp3) is 0.235. The summed E-state index contributed by atoms with van der Waals surface area (Å²) in [5, 5.41) is 20.9. The van der Waals surface area contributed by atoms with Crippen LogP contribution in [0.4, 0.5) is 5.69 Å². The van der Waals surface area contributed by atoms with Gasteiger partial charge in [0.25, 0.3) is 0 Å². The first kappa shape index (κ1) is 18.9. The average molecular weight is 364 g/mol. The minimum absolute atomic E-state index is 0.137. The molecule has 0 aliphatic carbocycles. The van der Waals surface area contributed by atoms with E-state index >= 15 is 0 Å². The Bertz CT molecular complexity index is 837. The lowest BCUT2D eigenvalue weighted by atomic mass is 10.1. The van der Waals surface area contributed by atoms with Gasteiger partial charge in [0.1, 0.15) is 0 Å². The minimum Gasteiger partial charge on any atom is -0.478 e. The third kappa shape index (κ3) is 4.79. The van der Waals surface area contributed by atoms with Gasteiger partial charge < -0.3 is 15.5 Å². The van der Waals surface area contributed by atoms with Gasteiger partial charge in [0, 0.05) is 18.3 Å². The van der Waals surface area contributed by atoms with Crippen molar-refractivity contribution in [3.8, 4) is 0 Å². The molecule has 0 aliphatic rings. The van der Waals surface area contributed by atoms with Gasteiger partial charge in [0.2, 0.25) is 10.0 Å². The number of hydrogen-bond donors (Lipinski definition) is 4.